The van der Waals surface area contributed by atoms with Gasteiger partial charge in [-0.1, -0.05) is 74.4 Å². The Labute approximate surface area is 420 Å². The monoisotopic (exact) mass is 1000 g/mol. The van der Waals surface area contributed by atoms with Crippen molar-refractivity contribution in [2.24, 2.45) is 62.6 Å². The van der Waals surface area contributed by atoms with Gasteiger partial charge in [-0.15, -0.1) is 0 Å². The molecule has 6 saturated carbocycles. The second-order valence-corrected chi connectivity index (χ2v) is 25.0. The van der Waals surface area contributed by atoms with Crippen LogP contribution in [0.3, 0.4) is 0 Å². The highest BCUT2D eigenvalue weighted by atomic mass is 19.4. The Balaban J connectivity index is 0.962. The molecule has 6 fully saturated rings. The molecule has 1 aromatic carbocycles. The fraction of sp³-hybridized carbons (Fsp3) is 0.696. The summed E-state index contributed by atoms with van der Waals surface area (Å²) >= 11 is 0. The molecule has 0 unspecified atom stereocenters. The number of nitrogens with zero attached hydrogens (tertiary/aromatic N) is 2. The number of rotatable bonds is 10. The maximum Gasteiger partial charge on any atom is 0.435 e. The van der Waals surface area contributed by atoms with Crippen LogP contribution in [-0.2, 0) is 34.8 Å². The number of hydrogen-bond acceptors (Lipinski definition) is 9. The van der Waals surface area contributed by atoms with E-state index < -0.39 is 63.9 Å². The molecule has 0 saturated heterocycles. The molecule has 2 amide bonds. The molecule has 0 aliphatic heterocycles. The van der Waals surface area contributed by atoms with Gasteiger partial charge in [-0.05, 0) is 159 Å². The van der Waals surface area contributed by atoms with E-state index in [1.807, 2.05) is 27.7 Å². The van der Waals surface area contributed by atoms with E-state index in [1.165, 1.54) is 18.2 Å². The Morgan fingerprint density at radius 2 is 1.51 bits per heavy atom. The normalized spacial score (nSPS) is 35.1. The molecule has 9 rings (SSSR count). The Hall–Kier alpha value is -5.02. The van der Waals surface area contributed by atoms with Gasteiger partial charge in [0.2, 0.25) is 5.91 Å². The van der Waals surface area contributed by atoms with Crippen LogP contribution in [0, 0.1) is 62.6 Å². The Morgan fingerprint density at radius 3 is 2.10 bits per heavy atom. The van der Waals surface area contributed by atoms with Gasteiger partial charge in [0.15, 0.2) is 5.78 Å². The van der Waals surface area contributed by atoms with Crippen molar-refractivity contribution >= 4 is 35.6 Å². The molecule has 0 spiro atoms. The van der Waals surface area contributed by atoms with Gasteiger partial charge < -0.3 is 25.2 Å². The second-order valence-electron chi connectivity index (χ2n) is 25.0. The van der Waals surface area contributed by atoms with E-state index >= 15 is 4.79 Å². The van der Waals surface area contributed by atoms with Gasteiger partial charge in [-0.3, -0.25) is 24.0 Å². The van der Waals surface area contributed by atoms with Crippen molar-refractivity contribution in [1.82, 2.24) is 20.4 Å². The van der Waals surface area contributed by atoms with Gasteiger partial charge in [-0.2, -0.15) is 23.0 Å². The Kier molecular flexibility index (Phi) is 12.4. The number of carbonyl (C=O) groups excluding carboxylic acids is 5. The first-order valence-electron chi connectivity index (χ1n) is 26.3. The lowest BCUT2D eigenvalue weighted by atomic mass is 9.33. The lowest BCUT2D eigenvalue weighted by Crippen LogP contribution is -2.70. The van der Waals surface area contributed by atoms with E-state index in [2.05, 4.69) is 50.4 Å². The first-order valence-corrected chi connectivity index (χ1v) is 26.3. The van der Waals surface area contributed by atoms with E-state index in [0.29, 0.717) is 38.0 Å². The van der Waals surface area contributed by atoms with Crippen LogP contribution in [0.2, 0.25) is 0 Å². The number of esters is 1. The highest BCUT2D eigenvalue weighted by molar-refractivity contribution is 6.04. The molecule has 392 valence electrons. The summed E-state index contributed by atoms with van der Waals surface area (Å²) < 4.78 is 52.5. The highest BCUT2D eigenvalue weighted by Crippen LogP contribution is 2.76. The number of allylic oxidation sites excluding steroid dienone is 1. The molecule has 2 aromatic rings. The van der Waals surface area contributed by atoms with Crippen LogP contribution in [0.4, 0.5) is 18.0 Å². The van der Waals surface area contributed by atoms with Crippen LogP contribution in [-0.4, -0.2) is 74.3 Å². The summed E-state index contributed by atoms with van der Waals surface area (Å²) in [6.07, 6.45) is 2.51. The molecule has 72 heavy (non-hydrogen) atoms. The molecule has 7 aliphatic carbocycles. The van der Waals surface area contributed by atoms with Crippen LogP contribution in [0.1, 0.15) is 169 Å². The SMILES string of the molecule is CCOC(=O)n1nc(-c2ccc(C(F)(F)F)cc2)cc1C(=O)NC1(C(=O)N[C@@]23CC[C@]4(C)[C@H](CC[C@@H]5[C@@]6(C)CC[C@H](OC(=O)[C@H]7C[C@@H](C(=O)O)C7(C)C)C(C)(C)[C@@H]6CC[C@]54C)C2=C(C(C)C)C(=O)C3)CCC1. The Morgan fingerprint density at radius 1 is 0.833 bits per heavy atom. The first kappa shape index (κ1) is 51.9. The topological polar surface area (TPSA) is 183 Å². The van der Waals surface area contributed by atoms with E-state index in [-0.39, 0.29) is 87.2 Å². The van der Waals surface area contributed by atoms with Crippen LogP contribution in [0.5, 0.6) is 0 Å². The molecule has 10 atom stereocenters. The zero-order chi connectivity index (χ0) is 52.5. The van der Waals surface area contributed by atoms with Crippen molar-refractivity contribution in [1.29, 1.82) is 0 Å². The zero-order valence-electron chi connectivity index (χ0n) is 43.6. The third-order valence-corrected chi connectivity index (χ3v) is 20.7. The predicted octanol–water partition coefficient (Wildman–Crippen LogP) is 10.7. The number of nitrogens with one attached hydrogen (secondary N) is 2. The number of halogens is 3. The summed E-state index contributed by atoms with van der Waals surface area (Å²) in [6, 6.07) is 5.50. The fourth-order valence-corrected chi connectivity index (χ4v) is 16.3. The summed E-state index contributed by atoms with van der Waals surface area (Å²) in [6.45, 7) is 21.2. The maximum atomic E-state index is 15.1. The number of carbonyl (C=O) groups is 6. The number of amides is 2. The van der Waals surface area contributed by atoms with E-state index in [9.17, 15) is 42.3 Å². The molecule has 3 N–H and O–H groups in total. The maximum absolute atomic E-state index is 15.1. The van der Waals surface area contributed by atoms with Crippen molar-refractivity contribution in [3.63, 3.8) is 0 Å². The van der Waals surface area contributed by atoms with Crippen molar-refractivity contribution < 1.29 is 56.5 Å². The predicted molar refractivity (Wildman–Crippen MR) is 260 cm³/mol. The van der Waals surface area contributed by atoms with E-state index in [0.717, 1.165) is 72.9 Å². The molecule has 1 aromatic heterocycles. The molecular weight excluding hydrogens is 930 g/mol. The number of hydrogen-bond donors (Lipinski definition) is 3. The Bertz CT molecular complexity index is 2630. The zero-order valence-corrected chi connectivity index (χ0v) is 43.6. The minimum Gasteiger partial charge on any atom is -0.481 e. The lowest BCUT2D eigenvalue weighted by Gasteiger charge is -2.72. The summed E-state index contributed by atoms with van der Waals surface area (Å²) in [4.78, 5) is 82.7. The van der Waals surface area contributed by atoms with Gasteiger partial charge in [0.05, 0.1) is 35.2 Å². The highest BCUT2D eigenvalue weighted by Gasteiger charge is 2.71. The summed E-state index contributed by atoms with van der Waals surface area (Å²) in [5, 5.41) is 20.4. The number of fused-ring (bicyclic) bond motifs is 7. The molecule has 13 nitrogen and oxygen atoms in total. The van der Waals surface area contributed by atoms with Gasteiger partial charge in [0.25, 0.3) is 5.91 Å². The van der Waals surface area contributed by atoms with Gasteiger partial charge in [-0.25, -0.2) is 4.79 Å². The number of benzene rings is 1. The third kappa shape index (κ3) is 7.69. The standard InChI is InChI=1S/C56H73F3N4O9/c1-11-71-48(70)63-37(28-36(62-63)31-13-15-32(16-14-31)56(57,58)59)44(65)60-54(21-12-22-54)47(69)61-55-26-25-52(9)33(43(55)42(30(2)3)38(64)29-55)17-18-40-51(8)23-20-41(50(6,7)39(51)19-24-53(40,52)10)72-46(68)35-27-34(45(66)67)49(35,4)5/h13-16,28,30,33-35,39-41H,11-12,17-27,29H2,1-10H3,(H,60,65)(H,61,69)(H,66,67)/t33-,34+,35-,39+,40-,41+,51+,52-,53-,55-/m1/s1. The number of ketones is 1. The lowest BCUT2D eigenvalue weighted by molar-refractivity contribution is -0.235. The van der Waals surface area contributed by atoms with Crippen molar-refractivity contribution in [3.8, 4) is 11.3 Å². The molecular formula is C56H73F3N4O9. The van der Waals surface area contributed by atoms with Crippen molar-refractivity contribution in [2.45, 2.75) is 176 Å². The number of ether oxygens (including phenoxy) is 2. The van der Waals surface area contributed by atoms with Gasteiger partial charge in [0, 0.05) is 17.4 Å². The average Bonchev–Trinajstić information content (AvgIpc) is 3.85. The minimum atomic E-state index is -4.57. The second kappa shape index (κ2) is 17.3. The quantitative estimate of drug-likeness (QED) is 0.194. The molecule has 16 heteroatoms. The number of alkyl halides is 3. The molecule has 7 aliphatic rings. The van der Waals surface area contributed by atoms with Crippen LogP contribution < -0.4 is 10.6 Å². The summed E-state index contributed by atoms with van der Waals surface area (Å²) in [5.41, 5.74) is -2.70. The minimum absolute atomic E-state index is 0.0112. The number of aromatic nitrogens is 2. The van der Waals surface area contributed by atoms with Crippen LogP contribution in [0.25, 0.3) is 11.3 Å². The van der Waals surface area contributed by atoms with Gasteiger partial charge >= 0.3 is 24.2 Å². The van der Waals surface area contributed by atoms with Crippen molar-refractivity contribution in [3.05, 3.63) is 52.7 Å². The summed E-state index contributed by atoms with van der Waals surface area (Å²) in [7, 11) is 0. The molecule has 0 radical (unpaired) electrons. The van der Waals surface area contributed by atoms with Crippen LogP contribution >= 0.6 is 0 Å². The average molecular weight is 1000 g/mol. The number of aliphatic carboxylic acids is 1. The van der Waals surface area contributed by atoms with Gasteiger partial charge in [0.1, 0.15) is 17.3 Å². The molecule has 1 heterocycles. The van der Waals surface area contributed by atoms with E-state index in [4.69, 9.17) is 9.47 Å². The molecule has 0 bridgehead atoms. The van der Waals surface area contributed by atoms with Crippen LogP contribution in [0.15, 0.2) is 41.5 Å². The largest absolute Gasteiger partial charge is 0.481 e. The first-order chi connectivity index (χ1) is 33.5. The van der Waals surface area contributed by atoms with E-state index in [1.54, 1.807) is 6.92 Å². The smallest absolute Gasteiger partial charge is 0.435 e. The number of Topliss-reactive ketones (excluding diaryl/α,β-unsaturated/α-hetero) is 1. The van der Waals surface area contributed by atoms with Crippen molar-refractivity contribution in [2.75, 3.05) is 6.61 Å². The fourth-order valence-electron chi connectivity index (χ4n) is 16.3. The number of carboxylic acid groups (broad SMARTS) is 1. The summed E-state index contributed by atoms with van der Waals surface area (Å²) in [5.74, 6) is -2.78. The number of carboxylic acids is 1. The third-order valence-electron chi connectivity index (χ3n) is 20.7.